The molecule has 2 aromatic rings. The minimum Gasteiger partial charge on any atom is -0.489 e. The molecular formula is C17H18BrNO3. The first kappa shape index (κ1) is 16.5. The fourth-order valence-corrected chi connectivity index (χ4v) is 2.40. The van der Waals surface area contributed by atoms with E-state index in [4.69, 9.17) is 9.84 Å². The lowest BCUT2D eigenvalue weighted by Gasteiger charge is -2.12. The molecule has 0 atom stereocenters. The first-order valence-electron chi connectivity index (χ1n) is 7.02. The van der Waals surface area contributed by atoms with Crippen molar-refractivity contribution < 1.29 is 14.6 Å². The second-order valence-corrected chi connectivity index (χ2v) is 5.69. The predicted molar refractivity (Wildman–Crippen MR) is 88.7 cm³/mol. The summed E-state index contributed by atoms with van der Waals surface area (Å²) in [7, 11) is 0. The van der Waals surface area contributed by atoms with Gasteiger partial charge in [0, 0.05) is 16.6 Å². The molecule has 0 saturated heterocycles. The van der Waals surface area contributed by atoms with Crippen molar-refractivity contribution in [2.24, 2.45) is 0 Å². The van der Waals surface area contributed by atoms with Gasteiger partial charge < -0.3 is 15.2 Å². The quantitative estimate of drug-likeness (QED) is 0.794. The molecule has 0 unspecified atom stereocenters. The Kier molecular flexibility index (Phi) is 6.43. The van der Waals surface area contributed by atoms with Crippen LogP contribution >= 0.6 is 15.9 Å². The monoisotopic (exact) mass is 363 g/mol. The smallest absolute Gasteiger partial charge is 0.224 e. The maximum absolute atomic E-state index is 11.8. The van der Waals surface area contributed by atoms with Gasteiger partial charge in [0.25, 0.3) is 0 Å². The minimum absolute atomic E-state index is 0.0679. The van der Waals surface area contributed by atoms with E-state index in [1.807, 2.05) is 48.5 Å². The van der Waals surface area contributed by atoms with E-state index in [9.17, 15) is 4.79 Å². The molecule has 0 heterocycles. The minimum atomic E-state index is -0.142. The van der Waals surface area contributed by atoms with Gasteiger partial charge in [-0.2, -0.15) is 0 Å². The molecule has 0 bridgehead atoms. The van der Waals surface area contributed by atoms with E-state index in [2.05, 4.69) is 21.2 Å². The Balaban J connectivity index is 2.05. The summed E-state index contributed by atoms with van der Waals surface area (Å²) in [4.78, 5) is 11.8. The van der Waals surface area contributed by atoms with Crippen LogP contribution in [0.15, 0.2) is 53.0 Å². The van der Waals surface area contributed by atoms with Gasteiger partial charge in [-0.15, -0.1) is 0 Å². The number of rotatable bonds is 7. The maximum Gasteiger partial charge on any atom is 0.224 e. The molecule has 5 heteroatoms. The Morgan fingerprint density at radius 2 is 1.95 bits per heavy atom. The number of aliphatic hydroxyl groups is 1. The van der Waals surface area contributed by atoms with Crippen LogP contribution in [0, 0.1) is 0 Å². The van der Waals surface area contributed by atoms with Crippen LogP contribution in [0.2, 0.25) is 0 Å². The number of aliphatic hydroxyl groups excluding tert-OH is 1. The van der Waals surface area contributed by atoms with Gasteiger partial charge in [0.05, 0.1) is 13.0 Å². The fourth-order valence-electron chi connectivity index (χ4n) is 1.99. The zero-order valence-electron chi connectivity index (χ0n) is 12.1. The molecule has 0 saturated carbocycles. The fraction of sp³-hybridized carbons (Fsp3) is 0.235. The van der Waals surface area contributed by atoms with Crippen molar-refractivity contribution in [3.05, 3.63) is 64.1 Å². The van der Waals surface area contributed by atoms with Gasteiger partial charge >= 0.3 is 0 Å². The van der Waals surface area contributed by atoms with E-state index in [1.54, 1.807) is 0 Å². The number of amides is 1. The highest BCUT2D eigenvalue weighted by Gasteiger charge is 2.10. The zero-order chi connectivity index (χ0) is 15.8. The molecule has 2 aromatic carbocycles. The van der Waals surface area contributed by atoms with Gasteiger partial charge in [0.2, 0.25) is 5.91 Å². The first-order chi connectivity index (χ1) is 10.7. The number of benzene rings is 2. The molecule has 0 fully saturated rings. The predicted octanol–water partition coefficient (Wildman–Crippen LogP) is 2.68. The third-order valence-electron chi connectivity index (χ3n) is 3.04. The second kappa shape index (κ2) is 8.56. The van der Waals surface area contributed by atoms with Crippen molar-refractivity contribution >= 4 is 21.8 Å². The Morgan fingerprint density at radius 1 is 1.18 bits per heavy atom. The van der Waals surface area contributed by atoms with Gasteiger partial charge in [-0.1, -0.05) is 46.3 Å². The van der Waals surface area contributed by atoms with Gasteiger partial charge in [-0.3, -0.25) is 4.79 Å². The van der Waals surface area contributed by atoms with Crippen LogP contribution in [0.1, 0.15) is 11.1 Å². The molecule has 2 rings (SSSR count). The highest BCUT2D eigenvalue weighted by Crippen LogP contribution is 2.24. The lowest BCUT2D eigenvalue weighted by Crippen LogP contribution is -2.28. The number of ether oxygens (including phenoxy) is 1. The highest BCUT2D eigenvalue weighted by molar-refractivity contribution is 9.10. The summed E-state index contributed by atoms with van der Waals surface area (Å²) in [6, 6.07) is 15.5. The lowest BCUT2D eigenvalue weighted by atomic mass is 10.1. The zero-order valence-corrected chi connectivity index (χ0v) is 13.7. The second-order valence-electron chi connectivity index (χ2n) is 4.78. The average molecular weight is 364 g/mol. The van der Waals surface area contributed by atoms with Crippen LogP contribution in [0.3, 0.4) is 0 Å². The topological polar surface area (TPSA) is 58.6 Å². The van der Waals surface area contributed by atoms with Gasteiger partial charge in [-0.05, 0) is 23.8 Å². The molecule has 22 heavy (non-hydrogen) atoms. The lowest BCUT2D eigenvalue weighted by molar-refractivity contribution is -0.120. The molecule has 0 aromatic heterocycles. The van der Waals surface area contributed by atoms with E-state index >= 15 is 0 Å². The third-order valence-corrected chi connectivity index (χ3v) is 3.54. The largest absolute Gasteiger partial charge is 0.489 e. The van der Waals surface area contributed by atoms with Crippen LogP contribution < -0.4 is 10.1 Å². The number of hydrogen-bond donors (Lipinski definition) is 2. The molecule has 0 aliphatic carbocycles. The van der Waals surface area contributed by atoms with Crippen LogP contribution in [-0.4, -0.2) is 24.2 Å². The number of halogens is 1. The van der Waals surface area contributed by atoms with Crippen LogP contribution in [0.25, 0.3) is 0 Å². The number of carbonyl (C=O) groups is 1. The Labute approximate surface area is 138 Å². The molecule has 2 N–H and O–H groups in total. The summed E-state index contributed by atoms with van der Waals surface area (Å²) in [6.07, 6.45) is 0.212. The van der Waals surface area contributed by atoms with Crippen molar-refractivity contribution in [3.8, 4) is 5.75 Å². The van der Waals surface area contributed by atoms with E-state index in [-0.39, 0.29) is 25.5 Å². The summed E-state index contributed by atoms with van der Waals surface area (Å²) >= 11 is 3.41. The highest BCUT2D eigenvalue weighted by atomic mass is 79.9. The Morgan fingerprint density at radius 3 is 2.68 bits per heavy atom. The Hall–Kier alpha value is -1.85. The van der Waals surface area contributed by atoms with Crippen LogP contribution in [0.5, 0.6) is 5.75 Å². The molecule has 116 valence electrons. The third kappa shape index (κ3) is 5.16. The normalized spacial score (nSPS) is 10.3. The van der Waals surface area contributed by atoms with E-state index in [0.717, 1.165) is 15.6 Å². The van der Waals surface area contributed by atoms with Gasteiger partial charge in [-0.25, -0.2) is 0 Å². The van der Waals surface area contributed by atoms with Crippen molar-refractivity contribution in [2.75, 3.05) is 13.2 Å². The average Bonchev–Trinajstić information content (AvgIpc) is 2.53. The van der Waals surface area contributed by atoms with Gasteiger partial charge in [0.1, 0.15) is 12.4 Å². The molecule has 0 aliphatic heterocycles. The number of nitrogens with one attached hydrogen (secondary N) is 1. The van der Waals surface area contributed by atoms with Crippen molar-refractivity contribution in [2.45, 2.75) is 13.0 Å². The van der Waals surface area contributed by atoms with E-state index in [0.29, 0.717) is 12.4 Å². The number of carbonyl (C=O) groups excluding carboxylic acids is 1. The molecule has 4 nitrogen and oxygen atoms in total. The molecule has 1 amide bonds. The van der Waals surface area contributed by atoms with Crippen molar-refractivity contribution in [3.63, 3.8) is 0 Å². The van der Waals surface area contributed by atoms with E-state index in [1.165, 1.54) is 0 Å². The summed E-state index contributed by atoms with van der Waals surface area (Å²) in [5, 5.41) is 11.4. The van der Waals surface area contributed by atoms with Crippen molar-refractivity contribution in [1.29, 1.82) is 0 Å². The summed E-state index contributed by atoms with van der Waals surface area (Å²) in [5.74, 6) is 0.544. The van der Waals surface area contributed by atoms with E-state index < -0.39 is 0 Å². The maximum atomic E-state index is 11.8. The molecular weight excluding hydrogens is 346 g/mol. The van der Waals surface area contributed by atoms with Crippen LogP contribution in [-0.2, 0) is 17.8 Å². The van der Waals surface area contributed by atoms with Gasteiger partial charge in [0.15, 0.2) is 0 Å². The molecule has 0 aliphatic rings. The number of hydrogen-bond acceptors (Lipinski definition) is 3. The SMILES string of the molecule is O=C(Cc1cc(Br)ccc1OCc1ccccc1)NCCO. The molecule has 0 radical (unpaired) electrons. The van der Waals surface area contributed by atoms with Crippen LogP contribution in [0.4, 0.5) is 0 Å². The Bertz CT molecular complexity index is 617. The summed E-state index contributed by atoms with van der Waals surface area (Å²) in [6.45, 7) is 0.641. The molecule has 0 spiro atoms. The van der Waals surface area contributed by atoms with Crippen molar-refractivity contribution in [1.82, 2.24) is 5.32 Å². The standard InChI is InChI=1S/C17H18BrNO3/c18-15-6-7-16(22-12-13-4-2-1-3-5-13)14(10-15)11-17(21)19-8-9-20/h1-7,10,20H,8-9,11-12H2,(H,19,21). The summed E-state index contributed by atoms with van der Waals surface area (Å²) in [5.41, 5.74) is 1.88. The first-order valence-corrected chi connectivity index (χ1v) is 7.81. The summed E-state index contributed by atoms with van der Waals surface area (Å²) < 4.78 is 6.73.